The molecule has 0 unspecified atom stereocenters. The van der Waals surface area contributed by atoms with Crippen molar-refractivity contribution in [3.05, 3.63) is 156 Å². The molecule has 0 bridgehead atoms. The second-order valence-electron chi connectivity index (χ2n) is 14.4. The predicted octanol–water partition coefficient (Wildman–Crippen LogP) is 12.7. The van der Waals surface area contributed by atoms with Gasteiger partial charge in [0, 0.05) is 12.8 Å². The maximum absolute atomic E-state index is 12.5. The summed E-state index contributed by atoms with van der Waals surface area (Å²) in [4.78, 5) is 24.9. The van der Waals surface area contributed by atoms with Crippen molar-refractivity contribution in [2.75, 3.05) is 0 Å². The third kappa shape index (κ3) is 11.2. The average Bonchev–Trinajstić information content (AvgIpc) is 3.23. The summed E-state index contributed by atoms with van der Waals surface area (Å²) in [5.41, 5.74) is 12.2. The summed E-state index contributed by atoms with van der Waals surface area (Å²) in [6.07, 6.45) is 7.42. The lowest BCUT2D eigenvalue weighted by atomic mass is 9.95. The summed E-state index contributed by atoms with van der Waals surface area (Å²) >= 11 is 0. The van der Waals surface area contributed by atoms with E-state index in [-0.39, 0.29) is 11.9 Å². The number of carbonyl (C=O) groups is 2. The molecule has 0 amide bonds. The van der Waals surface area contributed by atoms with Crippen LogP contribution in [-0.2, 0) is 9.59 Å². The Labute approximate surface area is 336 Å². The lowest BCUT2D eigenvalue weighted by Crippen LogP contribution is -2.07. The monoisotopic (exact) mass is 750 g/mol. The lowest BCUT2D eigenvalue weighted by molar-refractivity contribution is -0.135. The van der Waals surface area contributed by atoms with Gasteiger partial charge in [0.2, 0.25) is 0 Å². The first-order valence-electron chi connectivity index (χ1n) is 19.6. The summed E-state index contributed by atoms with van der Waals surface area (Å²) < 4.78 is 11.2. The van der Waals surface area contributed by atoms with Gasteiger partial charge in [0.15, 0.2) is 0 Å². The molecule has 0 heterocycles. The molecule has 0 saturated heterocycles. The second kappa shape index (κ2) is 19.7. The molecule has 6 aromatic carbocycles. The van der Waals surface area contributed by atoms with Gasteiger partial charge in [0.05, 0.1) is 23.3 Å². The predicted molar refractivity (Wildman–Crippen MR) is 226 cm³/mol. The number of nitriles is 2. The van der Waals surface area contributed by atoms with Crippen molar-refractivity contribution in [2.24, 2.45) is 0 Å². The smallest absolute Gasteiger partial charge is 0.311 e. The number of hydrogen-bond donors (Lipinski definition) is 0. The van der Waals surface area contributed by atoms with Gasteiger partial charge in [-0.15, -0.1) is 0 Å². The van der Waals surface area contributed by atoms with Crippen molar-refractivity contribution in [1.29, 1.82) is 10.5 Å². The average molecular weight is 751 g/mol. The summed E-state index contributed by atoms with van der Waals surface area (Å²) in [7, 11) is 0. The molecule has 0 aliphatic carbocycles. The van der Waals surface area contributed by atoms with Crippen LogP contribution in [0.3, 0.4) is 0 Å². The molecule has 6 rings (SSSR count). The Kier molecular flexibility index (Phi) is 13.8. The Morgan fingerprint density at radius 2 is 0.737 bits per heavy atom. The minimum absolute atomic E-state index is 0.219. The highest BCUT2D eigenvalue weighted by molar-refractivity contribution is 5.77. The molecule has 0 spiro atoms. The van der Waals surface area contributed by atoms with Crippen molar-refractivity contribution < 1.29 is 19.1 Å². The van der Waals surface area contributed by atoms with E-state index in [0.717, 1.165) is 101 Å². The van der Waals surface area contributed by atoms with Gasteiger partial charge in [-0.2, -0.15) is 10.5 Å². The van der Waals surface area contributed by atoms with Gasteiger partial charge in [-0.25, -0.2) is 0 Å². The molecule has 6 heteroatoms. The van der Waals surface area contributed by atoms with Crippen LogP contribution in [-0.4, -0.2) is 11.9 Å². The number of carbonyl (C=O) groups excluding carboxylic acids is 2. The van der Waals surface area contributed by atoms with Crippen molar-refractivity contribution in [2.45, 2.75) is 71.6 Å². The third-order valence-corrected chi connectivity index (χ3v) is 10.2. The minimum atomic E-state index is -0.219. The molecule has 0 aromatic heterocycles. The number of aryl methyl sites for hydroxylation is 2. The number of rotatable bonds is 16. The van der Waals surface area contributed by atoms with E-state index in [9.17, 15) is 9.59 Å². The van der Waals surface area contributed by atoms with Gasteiger partial charge in [0.1, 0.15) is 11.5 Å². The lowest BCUT2D eigenvalue weighted by Gasteiger charge is -2.10. The van der Waals surface area contributed by atoms with E-state index < -0.39 is 0 Å². The minimum Gasteiger partial charge on any atom is -0.427 e. The number of benzene rings is 6. The summed E-state index contributed by atoms with van der Waals surface area (Å²) in [6.45, 7) is 4.16. The van der Waals surface area contributed by atoms with Crippen molar-refractivity contribution >= 4 is 11.9 Å². The highest BCUT2D eigenvalue weighted by Crippen LogP contribution is 2.31. The van der Waals surface area contributed by atoms with E-state index in [4.69, 9.17) is 20.0 Å². The van der Waals surface area contributed by atoms with E-state index >= 15 is 0 Å². The van der Waals surface area contributed by atoms with Gasteiger partial charge in [0.25, 0.3) is 0 Å². The standard InChI is InChI=1S/C51H46N2O4/c1-36-32-44(24-30-48(36)42-16-12-38(34-52)13-17-42)40-20-26-46(27-21-40)56-50(54)10-8-6-4-3-5-7-9-11-51(55)57-47-28-22-41(23-29-47)45-25-31-49(37(2)33-45)43-18-14-39(35-53)15-19-43/h12-33H,3-11H2,1-2H3. The van der Waals surface area contributed by atoms with Crippen LogP contribution in [0.2, 0.25) is 0 Å². The molecule has 0 aliphatic heterocycles. The van der Waals surface area contributed by atoms with Crippen LogP contribution in [0.15, 0.2) is 133 Å². The van der Waals surface area contributed by atoms with Crippen molar-refractivity contribution in [3.63, 3.8) is 0 Å². The summed E-state index contributed by atoms with van der Waals surface area (Å²) in [5, 5.41) is 18.1. The van der Waals surface area contributed by atoms with Gasteiger partial charge in [-0.3, -0.25) is 9.59 Å². The Morgan fingerprint density at radius 1 is 0.421 bits per heavy atom. The first-order valence-corrected chi connectivity index (χ1v) is 19.6. The summed E-state index contributed by atoms with van der Waals surface area (Å²) in [5.74, 6) is 0.652. The van der Waals surface area contributed by atoms with Crippen LogP contribution in [0.5, 0.6) is 11.5 Å². The van der Waals surface area contributed by atoms with Gasteiger partial charge >= 0.3 is 11.9 Å². The van der Waals surface area contributed by atoms with Crippen LogP contribution >= 0.6 is 0 Å². The molecule has 57 heavy (non-hydrogen) atoms. The third-order valence-electron chi connectivity index (χ3n) is 10.2. The number of nitrogens with zero attached hydrogens (tertiary/aromatic N) is 2. The molecular formula is C51H46N2O4. The molecule has 6 nitrogen and oxygen atoms in total. The van der Waals surface area contributed by atoms with Gasteiger partial charge < -0.3 is 9.47 Å². The molecule has 0 radical (unpaired) electrons. The Balaban J connectivity index is 0.826. The molecular weight excluding hydrogens is 705 g/mol. The van der Waals surface area contributed by atoms with E-state index in [0.29, 0.717) is 35.5 Å². The number of esters is 2. The molecule has 6 aromatic rings. The zero-order valence-corrected chi connectivity index (χ0v) is 32.6. The number of hydrogen-bond acceptors (Lipinski definition) is 6. The Morgan fingerprint density at radius 3 is 1.07 bits per heavy atom. The van der Waals surface area contributed by atoms with Gasteiger partial charge in [-0.1, -0.05) is 117 Å². The molecule has 284 valence electrons. The highest BCUT2D eigenvalue weighted by atomic mass is 16.5. The first-order chi connectivity index (χ1) is 27.8. The zero-order chi connectivity index (χ0) is 40.0. The topological polar surface area (TPSA) is 100 Å². The zero-order valence-electron chi connectivity index (χ0n) is 32.6. The second-order valence-corrected chi connectivity index (χ2v) is 14.4. The first kappa shape index (κ1) is 39.9. The van der Waals surface area contributed by atoms with Crippen LogP contribution < -0.4 is 9.47 Å². The molecule has 0 fully saturated rings. The van der Waals surface area contributed by atoms with Crippen LogP contribution in [0.25, 0.3) is 44.5 Å². The largest absolute Gasteiger partial charge is 0.427 e. The summed E-state index contributed by atoms with van der Waals surface area (Å²) in [6, 6.07) is 47.4. The van der Waals surface area contributed by atoms with Crippen LogP contribution in [0.1, 0.15) is 80.0 Å². The molecule has 0 saturated carbocycles. The fourth-order valence-corrected chi connectivity index (χ4v) is 7.00. The van der Waals surface area contributed by atoms with E-state index in [1.807, 2.05) is 97.1 Å². The molecule has 0 N–H and O–H groups in total. The number of unbranched alkanes of at least 4 members (excludes halogenated alkanes) is 6. The van der Waals surface area contributed by atoms with Crippen LogP contribution in [0, 0.1) is 36.5 Å². The normalized spacial score (nSPS) is 10.7. The van der Waals surface area contributed by atoms with E-state index in [1.54, 1.807) is 0 Å². The van der Waals surface area contributed by atoms with Crippen molar-refractivity contribution in [1.82, 2.24) is 0 Å². The van der Waals surface area contributed by atoms with E-state index in [2.05, 4.69) is 62.4 Å². The van der Waals surface area contributed by atoms with Crippen LogP contribution in [0.4, 0.5) is 0 Å². The van der Waals surface area contributed by atoms with Gasteiger partial charge in [-0.05, 0) is 131 Å². The quantitative estimate of drug-likeness (QED) is 0.0554. The fourth-order valence-electron chi connectivity index (χ4n) is 7.00. The Hall–Kier alpha value is -6.76. The van der Waals surface area contributed by atoms with E-state index in [1.165, 1.54) is 0 Å². The highest BCUT2D eigenvalue weighted by Gasteiger charge is 2.10. The fraction of sp³-hybridized carbons (Fsp3) is 0.216. The van der Waals surface area contributed by atoms with Crippen molar-refractivity contribution in [3.8, 4) is 68.1 Å². The number of ether oxygens (including phenoxy) is 2. The molecule has 0 atom stereocenters. The Bertz CT molecular complexity index is 2210. The molecule has 0 aliphatic rings. The SMILES string of the molecule is Cc1cc(-c2ccc(OC(=O)CCCCCCCCCC(=O)Oc3ccc(-c4ccc(-c5ccc(C#N)cc5)c(C)c4)cc3)cc2)ccc1-c1ccc(C#N)cc1. The maximum atomic E-state index is 12.5. The maximum Gasteiger partial charge on any atom is 0.311 e.